The maximum absolute atomic E-state index is 14.3. The molecule has 4 aromatic rings. The molecule has 1 amide bonds. The molecular weight excluding hydrogens is 677 g/mol. The van der Waals surface area contributed by atoms with Crippen LogP contribution in [0.15, 0.2) is 119 Å². The van der Waals surface area contributed by atoms with Gasteiger partial charge in [-0.3, -0.25) is 4.79 Å². The molecule has 0 aliphatic carbocycles. The van der Waals surface area contributed by atoms with Crippen molar-refractivity contribution < 1.29 is 37.3 Å². The Bertz CT molecular complexity index is 1700. The molecule has 2 N–H and O–H groups in total. The molecule has 4 aromatic carbocycles. The van der Waals surface area contributed by atoms with Gasteiger partial charge >= 0.3 is 6.36 Å². The van der Waals surface area contributed by atoms with E-state index in [0.29, 0.717) is 35.5 Å². The lowest BCUT2D eigenvalue weighted by molar-refractivity contribution is -0.274. The number of hydrogen-bond donors (Lipinski definition) is 2. The highest BCUT2D eigenvalue weighted by molar-refractivity contribution is 9.10. The zero-order chi connectivity index (χ0) is 33.3. The van der Waals surface area contributed by atoms with E-state index in [2.05, 4.69) is 26.0 Å². The Balaban J connectivity index is 1.49. The van der Waals surface area contributed by atoms with Crippen LogP contribution in [-0.4, -0.2) is 42.0 Å². The molecule has 0 aromatic heterocycles. The summed E-state index contributed by atoms with van der Waals surface area (Å²) in [6.45, 7) is 0.426. The third-order valence-corrected chi connectivity index (χ3v) is 8.09. The van der Waals surface area contributed by atoms with Gasteiger partial charge in [0.15, 0.2) is 11.6 Å². The van der Waals surface area contributed by atoms with Crippen LogP contribution in [0.4, 0.5) is 13.2 Å². The predicted octanol–water partition coefficient (Wildman–Crippen LogP) is 7.79. The summed E-state index contributed by atoms with van der Waals surface area (Å²) in [5, 5.41) is 12.0. The molecule has 0 radical (unpaired) electrons. The van der Waals surface area contributed by atoms with Crippen LogP contribution in [0.1, 0.15) is 41.2 Å². The summed E-state index contributed by atoms with van der Waals surface area (Å²) in [6, 6.07) is 29.5. The summed E-state index contributed by atoms with van der Waals surface area (Å²) in [5.74, 6) is 0.104. The third-order valence-electron chi connectivity index (χ3n) is 7.37. The monoisotopic (exact) mass is 708 g/mol. The fourth-order valence-corrected chi connectivity index (χ4v) is 5.56. The van der Waals surface area contributed by atoms with Gasteiger partial charge in [-0.2, -0.15) is 0 Å². The second-order valence-electron chi connectivity index (χ2n) is 10.7. The van der Waals surface area contributed by atoms with Gasteiger partial charge in [0.25, 0.3) is 5.91 Å². The molecule has 0 saturated heterocycles. The van der Waals surface area contributed by atoms with E-state index in [9.17, 15) is 18.0 Å². The summed E-state index contributed by atoms with van der Waals surface area (Å²) in [7, 11) is 0. The number of hydrogen-bond acceptors (Lipinski definition) is 6. The lowest BCUT2D eigenvalue weighted by atomic mass is 9.84. The molecule has 244 valence electrons. The molecule has 0 fully saturated rings. The van der Waals surface area contributed by atoms with E-state index in [0.717, 1.165) is 10.0 Å². The van der Waals surface area contributed by atoms with E-state index in [4.69, 9.17) is 19.6 Å². The zero-order valence-electron chi connectivity index (χ0n) is 25.1. The quantitative estimate of drug-likeness (QED) is 0.139. The largest absolute Gasteiger partial charge is 0.573 e. The van der Waals surface area contributed by atoms with Crippen molar-refractivity contribution in [1.29, 1.82) is 0 Å². The first kappa shape index (κ1) is 33.7. The highest BCUT2D eigenvalue weighted by Crippen LogP contribution is 2.45. The Morgan fingerprint density at radius 2 is 1.64 bits per heavy atom. The number of nitrogens with zero attached hydrogens (tertiary/aromatic N) is 1. The minimum atomic E-state index is -4.80. The third kappa shape index (κ3) is 8.81. The smallest absolute Gasteiger partial charge is 0.494 e. The van der Waals surface area contributed by atoms with Crippen LogP contribution < -0.4 is 14.8 Å². The lowest BCUT2D eigenvalue weighted by Crippen LogP contribution is -2.47. The highest BCUT2D eigenvalue weighted by atomic mass is 79.9. The van der Waals surface area contributed by atoms with Crippen molar-refractivity contribution in [1.82, 2.24) is 5.32 Å². The summed E-state index contributed by atoms with van der Waals surface area (Å²) >= 11 is 3.62. The van der Waals surface area contributed by atoms with Crippen molar-refractivity contribution in [2.45, 2.75) is 37.4 Å². The van der Waals surface area contributed by atoms with E-state index < -0.39 is 23.9 Å². The number of halogens is 4. The molecule has 1 heterocycles. The van der Waals surface area contributed by atoms with Crippen molar-refractivity contribution in [2.75, 3.05) is 13.2 Å². The molecular formula is C36H32BrF3N2O5. The van der Waals surface area contributed by atoms with Gasteiger partial charge in [0, 0.05) is 41.6 Å². The number of ether oxygens (including phenoxy) is 3. The molecule has 0 unspecified atom stereocenters. The molecule has 0 saturated carbocycles. The van der Waals surface area contributed by atoms with E-state index in [1.165, 1.54) is 24.3 Å². The fraction of sp³-hybridized carbons (Fsp3) is 0.222. The Labute approximate surface area is 278 Å². The fourth-order valence-electron chi connectivity index (χ4n) is 5.06. The zero-order valence-corrected chi connectivity index (χ0v) is 26.7. The normalized spacial score (nSPS) is 17.6. The number of rotatable bonds is 13. The van der Waals surface area contributed by atoms with Gasteiger partial charge < -0.3 is 24.6 Å². The molecule has 0 bridgehead atoms. The number of nitrogens with one attached hydrogen (secondary N) is 1. The first-order chi connectivity index (χ1) is 22.7. The Hall–Kier alpha value is -4.61. The van der Waals surface area contributed by atoms with E-state index in [1.54, 1.807) is 24.3 Å². The minimum Gasteiger partial charge on any atom is -0.494 e. The number of aliphatic hydroxyl groups excluding tert-OH is 1. The molecule has 0 spiro atoms. The van der Waals surface area contributed by atoms with Gasteiger partial charge in [0.05, 0.1) is 6.61 Å². The molecule has 5 rings (SSSR count). The van der Waals surface area contributed by atoms with Crippen molar-refractivity contribution in [3.63, 3.8) is 0 Å². The molecule has 11 heteroatoms. The maximum atomic E-state index is 14.3. The van der Waals surface area contributed by atoms with E-state index in [-0.39, 0.29) is 31.2 Å². The first-order valence-electron chi connectivity index (χ1n) is 14.9. The second kappa shape index (κ2) is 15.3. The lowest BCUT2D eigenvalue weighted by Gasteiger charge is -2.30. The molecule has 7 nitrogen and oxygen atoms in total. The predicted molar refractivity (Wildman–Crippen MR) is 176 cm³/mol. The van der Waals surface area contributed by atoms with E-state index in [1.807, 2.05) is 66.7 Å². The number of carbonyl (C=O) groups is 1. The molecule has 2 atom stereocenters. The number of carbonyl (C=O) groups excluding carboxylic acids is 1. The number of benzene rings is 4. The van der Waals surface area contributed by atoms with Crippen molar-refractivity contribution in [2.24, 2.45) is 4.99 Å². The Morgan fingerprint density at radius 3 is 2.32 bits per heavy atom. The van der Waals surface area contributed by atoms with Crippen molar-refractivity contribution in [3.05, 3.63) is 136 Å². The van der Waals surface area contributed by atoms with Crippen molar-refractivity contribution >= 4 is 33.8 Å². The van der Waals surface area contributed by atoms with Gasteiger partial charge in [-0.15, -0.1) is 13.2 Å². The maximum Gasteiger partial charge on any atom is 0.573 e. The second-order valence-corrected chi connectivity index (χ2v) is 11.6. The summed E-state index contributed by atoms with van der Waals surface area (Å²) in [5.41, 5.74) is 1.41. The van der Waals surface area contributed by atoms with Crippen LogP contribution in [0.3, 0.4) is 0 Å². The van der Waals surface area contributed by atoms with Crippen LogP contribution in [0.2, 0.25) is 0 Å². The summed E-state index contributed by atoms with van der Waals surface area (Å²) in [6.07, 6.45) is -1.17. The minimum absolute atomic E-state index is 0.0276. The number of alkyl halides is 3. The van der Waals surface area contributed by atoms with Crippen LogP contribution in [0, 0.1) is 0 Å². The van der Waals surface area contributed by atoms with Crippen LogP contribution in [0.5, 0.6) is 11.5 Å². The number of aliphatic hydroxyl groups is 1. The summed E-state index contributed by atoms with van der Waals surface area (Å²) in [4.78, 5) is 19.3. The molecule has 1 aliphatic heterocycles. The van der Waals surface area contributed by atoms with Crippen molar-refractivity contribution in [3.8, 4) is 11.5 Å². The topological polar surface area (TPSA) is 89.4 Å². The highest BCUT2D eigenvalue weighted by Gasteiger charge is 2.53. The standard InChI is InChI=1S/C36H32BrF3N2O5/c37-31-12-5-4-11-30(31)32-35(21-6-10-25-8-2-1-3-9-25,34(44)41-24-26-13-17-29(18-14-26)47-36(38,39)40)42-33(46-32)27-15-19-28(20-16-27)45-23-7-22-43/h1-6,8-20,32,43H,7,21-24H2,(H,41,44)/b10-6+/t32-,35-/m1/s1. The van der Waals surface area contributed by atoms with Gasteiger partial charge in [-0.05, 0) is 53.6 Å². The number of aliphatic imine (C=N–C) groups is 1. The van der Waals surface area contributed by atoms with Gasteiger partial charge in [0.1, 0.15) is 11.5 Å². The summed E-state index contributed by atoms with van der Waals surface area (Å²) < 4.78 is 54.8. The first-order valence-corrected chi connectivity index (χ1v) is 15.7. The van der Waals surface area contributed by atoms with Gasteiger partial charge in [-0.25, -0.2) is 4.99 Å². The molecule has 47 heavy (non-hydrogen) atoms. The van der Waals surface area contributed by atoms with Gasteiger partial charge in [-0.1, -0.05) is 88.7 Å². The molecule has 1 aliphatic rings. The SMILES string of the molecule is O=C(NCc1ccc(OC(F)(F)F)cc1)[C@]1(C/C=C/c2ccccc2)N=C(c2ccc(OCCCO)cc2)O[C@@H]1c1ccccc1Br. The Kier molecular flexibility index (Phi) is 11.0. The average Bonchev–Trinajstić information content (AvgIpc) is 3.45. The van der Waals surface area contributed by atoms with Gasteiger partial charge in [0.2, 0.25) is 5.90 Å². The Morgan fingerprint density at radius 1 is 0.957 bits per heavy atom. The van der Waals surface area contributed by atoms with E-state index >= 15 is 0 Å². The van der Waals surface area contributed by atoms with Crippen LogP contribution in [0.25, 0.3) is 6.08 Å². The average molecular weight is 710 g/mol. The number of amides is 1. The van der Waals surface area contributed by atoms with Crippen LogP contribution in [-0.2, 0) is 16.1 Å². The van der Waals surface area contributed by atoms with Crippen LogP contribution >= 0.6 is 15.9 Å².